The van der Waals surface area contributed by atoms with Crippen LogP contribution in [0.15, 0.2) is 42.6 Å². The van der Waals surface area contributed by atoms with E-state index < -0.39 is 0 Å². The topological polar surface area (TPSA) is 30.0 Å². The van der Waals surface area contributed by atoms with Crippen molar-refractivity contribution in [1.29, 1.82) is 0 Å². The van der Waals surface area contributed by atoms with Gasteiger partial charge in [0.1, 0.15) is 0 Å². The van der Waals surface area contributed by atoms with Gasteiger partial charge < -0.3 is 0 Å². The third-order valence-corrected chi connectivity index (χ3v) is 3.23. The molecule has 0 spiro atoms. The monoisotopic (exact) mass is 253 g/mol. The highest BCUT2D eigenvalue weighted by Crippen LogP contribution is 2.16. The zero-order valence-corrected chi connectivity index (χ0v) is 11.7. The Morgan fingerprint density at radius 2 is 1.84 bits per heavy atom. The second-order valence-electron chi connectivity index (χ2n) is 5.18. The van der Waals surface area contributed by atoms with Crippen LogP contribution in [-0.4, -0.2) is 10.8 Å². The Bertz CT molecular complexity index is 570. The zero-order valence-electron chi connectivity index (χ0n) is 11.7. The summed E-state index contributed by atoms with van der Waals surface area (Å²) in [5, 5.41) is 0. The molecule has 0 bridgehead atoms. The summed E-state index contributed by atoms with van der Waals surface area (Å²) < 4.78 is 0. The van der Waals surface area contributed by atoms with Crippen LogP contribution in [0.2, 0.25) is 0 Å². The van der Waals surface area contributed by atoms with Crippen LogP contribution in [0.4, 0.5) is 0 Å². The number of nitrogens with zero attached hydrogens (tertiary/aromatic N) is 1. The first kappa shape index (κ1) is 13.5. The Morgan fingerprint density at radius 3 is 2.42 bits per heavy atom. The van der Waals surface area contributed by atoms with Crippen molar-refractivity contribution in [2.75, 3.05) is 0 Å². The standard InChI is InChI=1S/C17H19NO/c1-12(2)15-6-4-14(5-7-15)11-17(19)16-8-9-18-13(3)10-16/h4-10,12H,11H2,1-3H3. The summed E-state index contributed by atoms with van der Waals surface area (Å²) in [7, 11) is 0. The predicted octanol–water partition coefficient (Wildman–Crippen LogP) is 3.94. The molecule has 0 amide bonds. The molecule has 19 heavy (non-hydrogen) atoms. The summed E-state index contributed by atoms with van der Waals surface area (Å²) in [6.45, 7) is 6.23. The number of aryl methyl sites for hydroxylation is 1. The van der Waals surface area contributed by atoms with Crippen molar-refractivity contribution in [3.8, 4) is 0 Å². The largest absolute Gasteiger partial charge is 0.294 e. The third-order valence-electron chi connectivity index (χ3n) is 3.23. The Labute approximate surface area is 114 Å². The van der Waals surface area contributed by atoms with Gasteiger partial charge in [0.25, 0.3) is 0 Å². The Kier molecular flexibility index (Phi) is 4.10. The lowest BCUT2D eigenvalue weighted by Crippen LogP contribution is -2.04. The first-order valence-corrected chi connectivity index (χ1v) is 6.61. The summed E-state index contributed by atoms with van der Waals surface area (Å²) in [6, 6.07) is 11.9. The molecular weight excluding hydrogens is 234 g/mol. The number of carbonyl (C=O) groups excluding carboxylic acids is 1. The van der Waals surface area contributed by atoms with E-state index in [1.807, 2.05) is 25.1 Å². The molecule has 0 aliphatic carbocycles. The quantitative estimate of drug-likeness (QED) is 0.772. The smallest absolute Gasteiger partial charge is 0.167 e. The second kappa shape index (κ2) is 5.79. The molecule has 0 unspecified atom stereocenters. The number of pyridine rings is 1. The maximum absolute atomic E-state index is 12.2. The van der Waals surface area contributed by atoms with E-state index in [0.717, 1.165) is 16.8 Å². The minimum Gasteiger partial charge on any atom is -0.294 e. The van der Waals surface area contributed by atoms with Crippen LogP contribution in [0.5, 0.6) is 0 Å². The minimum atomic E-state index is 0.141. The van der Waals surface area contributed by atoms with Crippen LogP contribution < -0.4 is 0 Å². The fourth-order valence-corrected chi connectivity index (χ4v) is 2.03. The molecule has 2 nitrogen and oxygen atoms in total. The average molecular weight is 253 g/mol. The summed E-state index contributed by atoms with van der Waals surface area (Å²) in [5.41, 5.74) is 3.97. The Hall–Kier alpha value is -1.96. The normalized spacial score (nSPS) is 10.7. The summed E-state index contributed by atoms with van der Waals surface area (Å²) in [5.74, 6) is 0.662. The number of Topliss-reactive ketones (excluding diaryl/α,β-unsaturated/α-hetero) is 1. The molecule has 98 valence electrons. The number of ketones is 1. The highest BCUT2D eigenvalue weighted by atomic mass is 16.1. The van der Waals surface area contributed by atoms with Gasteiger partial charge in [-0.05, 0) is 36.1 Å². The number of carbonyl (C=O) groups is 1. The molecule has 0 radical (unpaired) electrons. The molecule has 2 aromatic rings. The van der Waals surface area contributed by atoms with Gasteiger partial charge in [-0.2, -0.15) is 0 Å². The second-order valence-corrected chi connectivity index (χ2v) is 5.18. The lowest BCUT2D eigenvalue weighted by atomic mass is 9.98. The molecule has 2 rings (SSSR count). The highest BCUT2D eigenvalue weighted by molar-refractivity contribution is 5.97. The highest BCUT2D eigenvalue weighted by Gasteiger charge is 2.08. The molecule has 0 atom stereocenters. The Balaban J connectivity index is 2.10. The van der Waals surface area contributed by atoms with E-state index in [0.29, 0.717) is 12.3 Å². The zero-order chi connectivity index (χ0) is 13.8. The van der Waals surface area contributed by atoms with Crippen molar-refractivity contribution in [1.82, 2.24) is 4.98 Å². The fourth-order valence-electron chi connectivity index (χ4n) is 2.03. The molecule has 1 heterocycles. The van der Waals surface area contributed by atoms with Gasteiger partial charge in [0, 0.05) is 23.9 Å². The van der Waals surface area contributed by atoms with E-state index in [9.17, 15) is 4.79 Å². The molecule has 2 heteroatoms. The van der Waals surface area contributed by atoms with Gasteiger partial charge >= 0.3 is 0 Å². The van der Waals surface area contributed by atoms with Crippen LogP contribution in [0.25, 0.3) is 0 Å². The van der Waals surface area contributed by atoms with E-state index in [1.165, 1.54) is 5.56 Å². The minimum absolute atomic E-state index is 0.141. The van der Waals surface area contributed by atoms with Crippen LogP contribution >= 0.6 is 0 Å². The van der Waals surface area contributed by atoms with Gasteiger partial charge in [-0.1, -0.05) is 38.1 Å². The first-order chi connectivity index (χ1) is 9.06. The van der Waals surface area contributed by atoms with E-state index in [-0.39, 0.29) is 5.78 Å². The van der Waals surface area contributed by atoms with Crippen molar-refractivity contribution in [2.45, 2.75) is 33.1 Å². The Morgan fingerprint density at radius 1 is 1.16 bits per heavy atom. The van der Waals surface area contributed by atoms with Crippen LogP contribution in [0, 0.1) is 6.92 Å². The van der Waals surface area contributed by atoms with E-state index in [4.69, 9.17) is 0 Å². The van der Waals surface area contributed by atoms with Gasteiger partial charge in [-0.3, -0.25) is 9.78 Å². The van der Waals surface area contributed by atoms with Crippen molar-refractivity contribution in [3.63, 3.8) is 0 Å². The predicted molar refractivity (Wildman–Crippen MR) is 77.5 cm³/mol. The van der Waals surface area contributed by atoms with Crippen LogP contribution in [0.1, 0.15) is 46.9 Å². The maximum atomic E-state index is 12.2. The lowest BCUT2D eigenvalue weighted by molar-refractivity contribution is 0.0993. The first-order valence-electron chi connectivity index (χ1n) is 6.61. The maximum Gasteiger partial charge on any atom is 0.167 e. The molecule has 0 aliphatic heterocycles. The molecule has 0 saturated heterocycles. The van der Waals surface area contributed by atoms with Crippen molar-refractivity contribution in [2.24, 2.45) is 0 Å². The van der Waals surface area contributed by atoms with Gasteiger partial charge in [0.15, 0.2) is 5.78 Å². The molecule has 1 aromatic heterocycles. The third kappa shape index (κ3) is 3.50. The van der Waals surface area contributed by atoms with Crippen LogP contribution in [-0.2, 0) is 6.42 Å². The number of benzene rings is 1. The molecule has 0 fully saturated rings. The molecule has 1 aromatic carbocycles. The molecule has 0 aliphatic rings. The molecule has 0 saturated carbocycles. The summed E-state index contributed by atoms with van der Waals surface area (Å²) in [6.07, 6.45) is 2.13. The van der Waals surface area contributed by atoms with Gasteiger partial charge in [0.2, 0.25) is 0 Å². The SMILES string of the molecule is Cc1cc(C(=O)Cc2ccc(C(C)C)cc2)ccn1. The van der Waals surface area contributed by atoms with Gasteiger partial charge in [0.05, 0.1) is 0 Å². The van der Waals surface area contributed by atoms with Crippen molar-refractivity contribution >= 4 is 5.78 Å². The van der Waals surface area contributed by atoms with Crippen LogP contribution in [0.3, 0.4) is 0 Å². The summed E-state index contributed by atoms with van der Waals surface area (Å²) in [4.78, 5) is 16.3. The molecular formula is C17H19NO. The average Bonchev–Trinajstić information content (AvgIpc) is 2.39. The summed E-state index contributed by atoms with van der Waals surface area (Å²) >= 11 is 0. The number of aromatic nitrogens is 1. The van der Waals surface area contributed by atoms with E-state index in [2.05, 4.69) is 31.0 Å². The van der Waals surface area contributed by atoms with Crippen molar-refractivity contribution < 1.29 is 4.79 Å². The number of rotatable bonds is 4. The number of hydrogen-bond acceptors (Lipinski definition) is 2. The van der Waals surface area contributed by atoms with Gasteiger partial charge in [-0.25, -0.2) is 0 Å². The van der Waals surface area contributed by atoms with E-state index >= 15 is 0 Å². The van der Waals surface area contributed by atoms with E-state index in [1.54, 1.807) is 12.3 Å². The van der Waals surface area contributed by atoms with Gasteiger partial charge in [-0.15, -0.1) is 0 Å². The molecule has 0 N–H and O–H groups in total. The number of hydrogen-bond donors (Lipinski definition) is 0. The van der Waals surface area contributed by atoms with Crippen molar-refractivity contribution in [3.05, 3.63) is 65.0 Å². The fraction of sp³-hybridized carbons (Fsp3) is 0.294. The lowest BCUT2D eigenvalue weighted by Gasteiger charge is -2.07.